The van der Waals surface area contributed by atoms with Crippen LogP contribution in [0.5, 0.6) is 0 Å². The van der Waals surface area contributed by atoms with Crippen LogP contribution in [0.4, 0.5) is 4.79 Å². The molecule has 4 heteroatoms. The summed E-state index contributed by atoms with van der Waals surface area (Å²) in [7, 11) is 0. The van der Waals surface area contributed by atoms with Gasteiger partial charge in [0.05, 0.1) is 12.3 Å². The number of rotatable bonds is 3. The number of furan rings is 1. The topological polar surface area (TPSA) is 54.3 Å². The van der Waals surface area contributed by atoms with Crippen LogP contribution in [0.15, 0.2) is 34.9 Å². The Kier molecular flexibility index (Phi) is 3.82. The van der Waals surface area contributed by atoms with Gasteiger partial charge in [-0.15, -0.1) is 0 Å². The fraction of sp³-hybridized carbons (Fsp3) is 0.421. The number of nitrogens with one attached hydrogen (secondary N) is 2. The van der Waals surface area contributed by atoms with Gasteiger partial charge in [0.15, 0.2) is 0 Å². The molecule has 2 N–H and O–H groups in total. The average molecular weight is 310 g/mol. The first kappa shape index (κ1) is 14.4. The molecule has 2 aliphatic rings. The Bertz CT molecular complexity index is 720. The van der Waals surface area contributed by atoms with Gasteiger partial charge in [0, 0.05) is 18.5 Å². The number of carbonyl (C=O) groups is 1. The van der Waals surface area contributed by atoms with E-state index in [4.69, 9.17) is 4.42 Å². The van der Waals surface area contributed by atoms with Crippen molar-refractivity contribution in [2.75, 3.05) is 0 Å². The Hall–Kier alpha value is -2.23. The minimum Gasteiger partial charge on any atom is -0.469 e. The molecule has 0 aliphatic heterocycles. The molecular formula is C19H22N2O2. The van der Waals surface area contributed by atoms with Crippen molar-refractivity contribution >= 4 is 6.03 Å². The Morgan fingerprint density at radius 3 is 3.00 bits per heavy atom. The van der Waals surface area contributed by atoms with Gasteiger partial charge in [-0.05, 0) is 54.9 Å². The second-order valence-electron chi connectivity index (χ2n) is 6.53. The average Bonchev–Trinajstić information content (AvgIpc) is 3.21. The molecule has 0 radical (unpaired) electrons. The fourth-order valence-corrected chi connectivity index (χ4v) is 3.76. The third-order valence-corrected chi connectivity index (χ3v) is 4.97. The van der Waals surface area contributed by atoms with Crippen LogP contribution in [-0.4, -0.2) is 6.03 Å². The molecule has 23 heavy (non-hydrogen) atoms. The van der Waals surface area contributed by atoms with Crippen LogP contribution in [0.25, 0.3) is 0 Å². The molecule has 4 rings (SSSR count). The maximum Gasteiger partial charge on any atom is 0.315 e. The molecule has 0 saturated heterocycles. The predicted molar refractivity (Wildman–Crippen MR) is 88.2 cm³/mol. The zero-order valence-electron chi connectivity index (χ0n) is 13.2. The van der Waals surface area contributed by atoms with Crippen molar-refractivity contribution in [1.82, 2.24) is 10.6 Å². The Labute approximate surface area is 136 Å². The molecule has 0 saturated carbocycles. The van der Waals surface area contributed by atoms with E-state index in [2.05, 4.69) is 28.8 Å². The molecule has 120 valence electrons. The smallest absolute Gasteiger partial charge is 0.315 e. The molecule has 1 heterocycles. The van der Waals surface area contributed by atoms with E-state index >= 15 is 0 Å². The highest BCUT2D eigenvalue weighted by Gasteiger charge is 2.23. The van der Waals surface area contributed by atoms with Crippen LogP contribution in [-0.2, 0) is 25.8 Å². The molecule has 1 aromatic heterocycles. The lowest BCUT2D eigenvalue weighted by atomic mass is 9.93. The summed E-state index contributed by atoms with van der Waals surface area (Å²) in [5, 5.41) is 6.05. The second kappa shape index (κ2) is 6.11. The van der Waals surface area contributed by atoms with Gasteiger partial charge in [-0.3, -0.25) is 0 Å². The number of hydrogen-bond donors (Lipinski definition) is 2. The predicted octanol–water partition coefficient (Wildman–Crippen LogP) is 3.65. The summed E-state index contributed by atoms with van der Waals surface area (Å²) >= 11 is 0. The quantitative estimate of drug-likeness (QED) is 0.909. The number of fused-ring (bicyclic) bond motifs is 2. The summed E-state index contributed by atoms with van der Waals surface area (Å²) < 4.78 is 5.47. The number of carbonyl (C=O) groups excluding carboxylic acids is 1. The minimum absolute atomic E-state index is 0.0671. The molecule has 2 aromatic rings. The monoisotopic (exact) mass is 310 g/mol. The molecule has 1 unspecified atom stereocenters. The van der Waals surface area contributed by atoms with Gasteiger partial charge in [0.2, 0.25) is 0 Å². The standard InChI is InChI=1S/C19H22N2O2/c22-19(21-17-5-2-6-18-16(17)9-10-23-18)20-12-13-7-8-14-3-1-4-15(14)11-13/h7-11,17H,1-6,12H2,(H2,20,21,22). The molecule has 2 aliphatic carbocycles. The number of benzene rings is 1. The highest BCUT2D eigenvalue weighted by atomic mass is 16.3. The van der Waals surface area contributed by atoms with E-state index in [1.165, 1.54) is 36.0 Å². The van der Waals surface area contributed by atoms with E-state index in [1.54, 1.807) is 6.26 Å². The van der Waals surface area contributed by atoms with E-state index in [9.17, 15) is 4.79 Å². The summed E-state index contributed by atoms with van der Waals surface area (Å²) in [6, 6.07) is 8.49. The highest BCUT2D eigenvalue weighted by Crippen LogP contribution is 2.30. The minimum atomic E-state index is -0.107. The zero-order chi connectivity index (χ0) is 15.6. The largest absolute Gasteiger partial charge is 0.469 e. The lowest BCUT2D eigenvalue weighted by molar-refractivity contribution is 0.234. The van der Waals surface area contributed by atoms with Crippen LogP contribution in [0.1, 0.15) is 53.3 Å². The van der Waals surface area contributed by atoms with Crippen molar-refractivity contribution in [3.05, 3.63) is 58.5 Å². The number of amides is 2. The molecule has 1 atom stereocenters. The van der Waals surface area contributed by atoms with Gasteiger partial charge >= 0.3 is 6.03 Å². The third-order valence-electron chi connectivity index (χ3n) is 4.97. The molecular weight excluding hydrogens is 288 g/mol. The normalized spacial score (nSPS) is 19.0. The number of aryl methyl sites for hydroxylation is 3. The second-order valence-corrected chi connectivity index (χ2v) is 6.53. The highest BCUT2D eigenvalue weighted by molar-refractivity contribution is 5.74. The summed E-state index contributed by atoms with van der Waals surface area (Å²) in [4.78, 5) is 12.2. The van der Waals surface area contributed by atoms with Crippen molar-refractivity contribution in [3.8, 4) is 0 Å². The van der Waals surface area contributed by atoms with Crippen molar-refractivity contribution in [2.24, 2.45) is 0 Å². The van der Waals surface area contributed by atoms with Crippen molar-refractivity contribution < 1.29 is 9.21 Å². The van der Waals surface area contributed by atoms with Crippen LogP contribution < -0.4 is 10.6 Å². The van der Waals surface area contributed by atoms with Gasteiger partial charge < -0.3 is 15.1 Å². The lowest BCUT2D eigenvalue weighted by Crippen LogP contribution is -2.38. The first-order valence-electron chi connectivity index (χ1n) is 8.51. The third kappa shape index (κ3) is 2.98. The van der Waals surface area contributed by atoms with E-state index < -0.39 is 0 Å². The summed E-state index contributed by atoms with van der Waals surface area (Å²) in [6.07, 6.45) is 8.32. The van der Waals surface area contributed by atoms with Gasteiger partial charge in [-0.1, -0.05) is 18.2 Å². The van der Waals surface area contributed by atoms with Crippen LogP contribution in [0, 0.1) is 0 Å². The van der Waals surface area contributed by atoms with Gasteiger partial charge in [-0.2, -0.15) is 0 Å². The Morgan fingerprint density at radius 2 is 2.04 bits per heavy atom. The van der Waals surface area contributed by atoms with E-state index in [0.717, 1.165) is 30.6 Å². The van der Waals surface area contributed by atoms with E-state index in [-0.39, 0.29) is 12.1 Å². The summed E-state index contributed by atoms with van der Waals surface area (Å²) in [6.45, 7) is 0.573. The molecule has 2 amide bonds. The van der Waals surface area contributed by atoms with Crippen molar-refractivity contribution in [3.63, 3.8) is 0 Å². The lowest BCUT2D eigenvalue weighted by Gasteiger charge is -2.22. The van der Waals surface area contributed by atoms with Crippen molar-refractivity contribution in [1.29, 1.82) is 0 Å². The van der Waals surface area contributed by atoms with Crippen LogP contribution in [0.2, 0.25) is 0 Å². The summed E-state index contributed by atoms with van der Waals surface area (Å²) in [5.41, 5.74) is 5.21. The fourth-order valence-electron chi connectivity index (χ4n) is 3.76. The van der Waals surface area contributed by atoms with Crippen LogP contribution >= 0.6 is 0 Å². The van der Waals surface area contributed by atoms with Gasteiger partial charge in [0.25, 0.3) is 0 Å². The summed E-state index contributed by atoms with van der Waals surface area (Å²) in [5.74, 6) is 1.01. The molecule has 0 bridgehead atoms. The van der Waals surface area contributed by atoms with Crippen molar-refractivity contribution in [2.45, 2.75) is 51.1 Å². The number of hydrogen-bond acceptors (Lipinski definition) is 2. The first-order chi connectivity index (χ1) is 11.3. The molecule has 1 aromatic carbocycles. The first-order valence-corrected chi connectivity index (χ1v) is 8.51. The molecule has 0 spiro atoms. The van der Waals surface area contributed by atoms with E-state index in [0.29, 0.717) is 6.54 Å². The number of urea groups is 1. The Morgan fingerprint density at radius 1 is 1.13 bits per heavy atom. The maximum atomic E-state index is 12.2. The Balaban J connectivity index is 1.34. The molecule has 0 fully saturated rings. The van der Waals surface area contributed by atoms with Gasteiger partial charge in [-0.25, -0.2) is 4.79 Å². The SMILES string of the molecule is O=C(NCc1ccc2c(c1)CCC2)NC1CCCc2occc21. The van der Waals surface area contributed by atoms with Crippen LogP contribution in [0.3, 0.4) is 0 Å². The molecule has 4 nitrogen and oxygen atoms in total. The maximum absolute atomic E-state index is 12.2. The van der Waals surface area contributed by atoms with Gasteiger partial charge in [0.1, 0.15) is 5.76 Å². The van der Waals surface area contributed by atoms with E-state index in [1.807, 2.05) is 6.07 Å². The zero-order valence-corrected chi connectivity index (χ0v) is 13.2.